The van der Waals surface area contributed by atoms with Crippen molar-refractivity contribution in [3.05, 3.63) is 35.4 Å². The molecule has 0 spiro atoms. The van der Waals surface area contributed by atoms with Crippen LogP contribution in [0, 0.1) is 5.92 Å². The fourth-order valence-corrected chi connectivity index (χ4v) is 2.63. The highest BCUT2D eigenvalue weighted by Crippen LogP contribution is 2.35. The van der Waals surface area contributed by atoms with Gasteiger partial charge in [0.05, 0.1) is 12.1 Å². The zero-order valence-corrected chi connectivity index (χ0v) is 13.0. The highest BCUT2D eigenvalue weighted by atomic mass is 19.4. The van der Waals surface area contributed by atoms with E-state index in [2.05, 4.69) is 10.3 Å². The van der Waals surface area contributed by atoms with Gasteiger partial charge in [-0.2, -0.15) is 13.2 Å². The Morgan fingerprint density at radius 1 is 1.25 bits per heavy atom. The van der Waals surface area contributed by atoms with Crippen molar-refractivity contribution in [3.63, 3.8) is 0 Å². The summed E-state index contributed by atoms with van der Waals surface area (Å²) in [6, 6.07) is 4.88. The lowest BCUT2D eigenvalue weighted by atomic mass is 9.87. The second kappa shape index (κ2) is 7.36. The lowest BCUT2D eigenvalue weighted by molar-refractivity contribution is -0.137. The molecule has 1 saturated carbocycles. The van der Waals surface area contributed by atoms with E-state index in [1.807, 2.05) is 0 Å². The second-order valence-corrected chi connectivity index (χ2v) is 6.08. The second-order valence-electron chi connectivity index (χ2n) is 6.08. The normalized spacial score (nSPS) is 19.3. The van der Waals surface area contributed by atoms with E-state index >= 15 is 0 Å². The average Bonchev–Trinajstić information content (AvgIpc) is 2.51. The van der Waals surface area contributed by atoms with Crippen LogP contribution < -0.4 is 11.1 Å². The van der Waals surface area contributed by atoms with Gasteiger partial charge in [0.2, 0.25) is 5.92 Å². The summed E-state index contributed by atoms with van der Waals surface area (Å²) >= 11 is 0. The number of nitrogens with one attached hydrogen (secondary N) is 1. The summed E-state index contributed by atoms with van der Waals surface area (Å²) in [4.78, 5) is 4.00. The molecule has 1 aliphatic rings. The minimum atomic E-state index is -4.40. The van der Waals surface area contributed by atoms with E-state index < -0.39 is 17.7 Å². The largest absolute Gasteiger partial charge is 0.416 e. The van der Waals surface area contributed by atoms with E-state index in [9.17, 15) is 22.0 Å². The van der Waals surface area contributed by atoms with Crippen LogP contribution >= 0.6 is 0 Å². The zero-order chi connectivity index (χ0) is 17.8. The predicted octanol–water partition coefficient (Wildman–Crippen LogP) is 3.94. The summed E-state index contributed by atoms with van der Waals surface area (Å²) in [6.07, 6.45) is -3.81. The molecular formula is C16H20F5N3. The third kappa shape index (κ3) is 5.65. The number of rotatable bonds is 4. The minimum absolute atomic E-state index is 0.0193. The molecule has 0 amide bonds. The van der Waals surface area contributed by atoms with E-state index in [0.717, 1.165) is 12.1 Å². The standard InChI is InChI=1S/C16H20F5N3/c17-15(18)6-4-11(5-7-15)9-23-14(22)24-10-12-2-1-3-13(8-12)16(19,20)21/h1-3,8,11H,4-7,9-10H2,(H3,22,23,24). The minimum Gasteiger partial charge on any atom is -0.370 e. The predicted molar refractivity (Wildman–Crippen MR) is 81.7 cm³/mol. The first kappa shape index (κ1) is 18.5. The van der Waals surface area contributed by atoms with E-state index in [0.29, 0.717) is 24.9 Å². The zero-order valence-electron chi connectivity index (χ0n) is 13.0. The molecule has 1 fully saturated rings. The van der Waals surface area contributed by atoms with Crippen LogP contribution in [0.25, 0.3) is 0 Å². The Hall–Kier alpha value is -1.86. The van der Waals surface area contributed by atoms with Gasteiger partial charge in [0.1, 0.15) is 0 Å². The number of halogens is 5. The molecule has 2 rings (SSSR count). The molecule has 0 saturated heterocycles. The average molecular weight is 349 g/mol. The summed E-state index contributed by atoms with van der Waals surface area (Å²) in [5.41, 5.74) is 5.35. The van der Waals surface area contributed by atoms with Gasteiger partial charge in [0.25, 0.3) is 0 Å². The molecule has 0 unspecified atom stereocenters. The van der Waals surface area contributed by atoms with Crippen LogP contribution in [-0.2, 0) is 12.7 Å². The van der Waals surface area contributed by atoms with Crippen molar-refractivity contribution in [1.29, 1.82) is 0 Å². The molecule has 0 aliphatic heterocycles. The molecular weight excluding hydrogens is 329 g/mol. The Kier molecular flexibility index (Phi) is 5.66. The van der Waals surface area contributed by atoms with E-state index in [1.165, 1.54) is 12.1 Å². The highest BCUT2D eigenvalue weighted by Gasteiger charge is 2.34. The van der Waals surface area contributed by atoms with Gasteiger partial charge in [0.15, 0.2) is 5.96 Å². The summed E-state index contributed by atoms with van der Waals surface area (Å²) < 4.78 is 64.0. The van der Waals surface area contributed by atoms with Crippen LogP contribution in [-0.4, -0.2) is 18.4 Å². The molecule has 0 aromatic heterocycles. The molecule has 0 radical (unpaired) electrons. The number of alkyl halides is 5. The molecule has 0 bridgehead atoms. The van der Waals surface area contributed by atoms with Crippen LogP contribution in [0.2, 0.25) is 0 Å². The van der Waals surface area contributed by atoms with Gasteiger partial charge in [-0.25, -0.2) is 13.8 Å². The van der Waals surface area contributed by atoms with E-state index in [4.69, 9.17) is 5.73 Å². The summed E-state index contributed by atoms with van der Waals surface area (Å²) in [5, 5.41) is 2.86. The number of benzene rings is 1. The maximum atomic E-state index is 13.1. The smallest absolute Gasteiger partial charge is 0.370 e. The molecule has 1 aliphatic carbocycles. The first-order valence-electron chi connectivity index (χ1n) is 7.73. The van der Waals surface area contributed by atoms with Gasteiger partial charge in [-0.3, -0.25) is 0 Å². The van der Waals surface area contributed by atoms with Gasteiger partial charge in [-0.1, -0.05) is 12.1 Å². The van der Waals surface area contributed by atoms with Crippen molar-refractivity contribution in [3.8, 4) is 0 Å². The Labute approximate surface area is 137 Å². The van der Waals surface area contributed by atoms with Crippen molar-refractivity contribution in [2.75, 3.05) is 6.54 Å². The van der Waals surface area contributed by atoms with Gasteiger partial charge < -0.3 is 11.1 Å². The third-order valence-corrected chi connectivity index (χ3v) is 4.09. The first-order valence-corrected chi connectivity index (χ1v) is 7.73. The molecule has 3 N–H and O–H groups in total. The molecule has 8 heteroatoms. The lowest BCUT2D eigenvalue weighted by Gasteiger charge is -2.28. The van der Waals surface area contributed by atoms with Crippen LogP contribution in [0.5, 0.6) is 0 Å². The number of hydrogen-bond donors (Lipinski definition) is 2. The van der Waals surface area contributed by atoms with Crippen LogP contribution in [0.15, 0.2) is 29.3 Å². The number of aliphatic imine (C=N–C) groups is 1. The van der Waals surface area contributed by atoms with Crippen molar-refractivity contribution >= 4 is 5.96 Å². The van der Waals surface area contributed by atoms with Crippen molar-refractivity contribution in [2.45, 2.75) is 44.3 Å². The Balaban J connectivity index is 1.82. The third-order valence-electron chi connectivity index (χ3n) is 4.09. The van der Waals surface area contributed by atoms with Crippen molar-refractivity contribution in [1.82, 2.24) is 5.32 Å². The van der Waals surface area contributed by atoms with E-state index in [-0.39, 0.29) is 31.3 Å². The van der Waals surface area contributed by atoms with Crippen molar-refractivity contribution in [2.24, 2.45) is 16.6 Å². The maximum absolute atomic E-state index is 13.1. The fraction of sp³-hybridized carbons (Fsp3) is 0.562. The summed E-state index contributed by atoms with van der Waals surface area (Å²) in [7, 11) is 0. The Morgan fingerprint density at radius 2 is 1.92 bits per heavy atom. The van der Waals surface area contributed by atoms with E-state index in [1.54, 1.807) is 0 Å². The summed E-state index contributed by atoms with van der Waals surface area (Å²) in [6.45, 7) is 0.458. The van der Waals surface area contributed by atoms with Crippen molar-refractivity contribution < 1.29 is 22.0 Å². The number of nitrogens with two attached hydrogens (primary N) is 1. The first-order chi connectivity index (χ1) is 11.2. The monoisotopic (exact) mass is 349 g/mol. The molecule has 3 nitrogen and oxygen atoms in total. The molecule has 1 aromatic carbocycles. The maximum Gasteiger partial charge on any atom is 0.416 e. The van der Waals surface area contributed by atoms with Gasteiger partial charge in [-0.05, 0) is 36.5 Å². The quantitative estimate of drug-likeness (QED) is 0.491. The SMILES string of the molecule is NC(=NCc1cccc(C(F)(F)F)c1)NCC1CCC(F)(F)CC1. The topological polar surface area (TPSA) is 50.4 Å². The Bertz CT molecular complexity index is 573. The van der Waals surface area contributed by atoms with Gasteiger partial charge in [-0.15, -0.1) is 0 Å². The fourth-order valence-electron chi connectivity index (χ4n) is 2.63. The number of nitrogens with zero attached hydrogens (tertiary/aromatic N) is 1. The molecule has 0 atom stereocenters. The molecule has 0 heterocycles. The molecule has 1 aromatic rings. The number of hydrogen-bond acceptors (Lipinski definition) is 1. The highest BCUT2D eigenvalue weighted by molar-refractivity contribution is 5.77. The van der Waals surface area contributed by atoms with Gasteiger partial charge in [0, 0.05) is 19.4 Å². The van der Waals surface area contributed by atoms with Crippen LogP contribution in [0.1, 0.15) is 36.8 Å². The lowest BCUT2D eigenvalue weighted by Crippen LogP contribution is -2.37. The Morgan fingerprint density at radius 3 is 2.54 bits per heavy atom. The van der Waals surface area contributed by atoms with Crippen LogP contribution in [0.4, 0.5) is 22.0 Å². The summed E-state index contributed by atoms with van der Waals surface area (Å²) in [5.74, 6) is -2.36. The molecule has 24 heavy (non-hydrogen) atoms. The van der Waals surface area contributed by atoms with Gasteiger partial charge >= 0.3 is 6.18 Å². The number of guanidine groups is 1. The van der Waals surface area contributed by atoms with Crippen LogP contribution in [0.3, 0.4) is 0 Å². The molecule has 134 valence electrons.